The number of anilines is 1. The molecule has 0 bridgehead atoms. The number of guanidine groups is 1. The fourth-order valence-electron chi connectivity index (χ4n) is 3.13. The number of rotatable bonds is 10. The molecule has 2 N–H and O–H groups in total. The van der Waals surface area contributed by atoms with Gasteiger partial charge in [-0.2, -0.15) is 0 Å². The number of unbranched alkanes of at least 4 members (excludes halogenated alkanes) is 1. The summed E-state index contributed by atoms with van der Waals surface area (Å²) in [5.74, 6) is 0.756. The van der Waals surface area contributed by atoms with Crippen molar-refractivity contribution in [1.82, 2.24) is 15.5 Å². The Balaban J connectivity index is 1.73. The number of carbonyl (C=O) groups is 1. The Morgan fingerprint density at radius 3 is 2.48 bits per heavy atom. The zero-order valence-corrected chi connectivity index (χ0v) is 18.4. The summed E-state index contributed by atoms with van der Waals surface area (Å²) in [6.45, 7) is 10.3. The van der Waals surface area contributed by atoms with Gasteiger partial charge in [0.2, 0.25) is 5.91 Å². The van der Waals surface area contributed by atoms with Gasteiger partial charge in [-0.3, -0.25) is 4.79 Å². The summed E-state index contributed by atoms with van der Waals surface area (Å²) in [7, 11) is 0. The van der Waals surface area contributed by atoms with Crippen LogP contribution in [0.25, 0.3) is 0 Å². The van der Waals surface area contributed by atoms with Crippen molar-refractivity contribution < 1.29 is 9.53 Å². The lowest BCUT2D eigenvalue weighted by molar-refractivity contribution is -0.129. The van der Waals surface area contributed by atoms with Crippen LogP contribution < -0.4 is 15.5 Å². The van der Waals surface area contributed by atoms with Crippen LogP contribution in [0.15, 0.2) is 29.3 Å². The van der Waals surface area contributed by atoms with E-state index >= 15 is 0 Å². The Bertz CT molecular complexity index is 630. The second-order valence-corrected chi connectivity index (χ2v) is 7.31. The molecule has 0 aromatic heterocycles. The molecule has 1 heterocycles. The van der Waals surface area contributed by atoms with Crippen molar-refractivity contribution in [3.8, 4) is 0 Å². The summed E-state index contributed by atoms with van der Waals surface area (Å²) >= 11 is 5.96. The highest BCUT2D eigenvalue weighted by atomic mass is 35.5. The molecular formula is C21H34ClN5O2. The lowest BCUT2D eigenvalue weighted by atomic mass is 10.2. The minimum Gasteiger partial charge on any atom is -0.382 e. The average molecular weight is 424 g/mol. The van der Waals surface area contributed by atoms with E-state index in [0.29, 0.717) is 19.0 Å². The quantitative estimate of drug-likeness (QED) is 0.343. The Morgan fingerprint density at radius 1 is 1.10 bits per heavy atom. The zero-order valence-electron chi connectivity index (χ0n) is 17.6. The van der Waals surface area contributed by atoms with Crippen LogP contribution in [0.5, 0.6) is 0 Å². The van der Waals surface area contributed by atoms with Gasteiger partial charge in [0.25, 0.3) is 0 Å². The Hall–Kier alpha value is -1.99. The molecule has 2 rings (SSSR count). The third-order valence-electron chi connectivity index (χ3n) is 4.75. The predicted molar refractivity (Wildman–Crippen MR) is 120 cm³/mol. The number of nitrogens with zero attached hydrogens (tertiary/aromatic N) is 3. The van der Waals surface area contributed by atoms with Crippen molar-refractivity contribution in [2.75, 3.05) is 63.9 Å². The molecule has 0 radical (unpaired) electrons. The van der Waals surface area contributed by atoms with Crippen LogP contribution in [0.3, 0.4) is 0 Å². The molecule has 0 atom stereocenters. The summed E-state index contributed by atoms with van der Waals surface area (Å²) in [6, 6.07) is 7.84. The fraction of sp³-hybridized carbons (Fsp3) is 0.619. The maximum atomic E-state index is 12.6. The van der Waals surface area contributed by atoms with Crippen LogP contribution in [0.4, 0.5) is 5.69 Å². The van der Waals surface area contributed by atoms with Crippen LogP contribution >= 0.6 is 11.6 Å². The number of nitrogens with one attached hydrogen (secondary N) is 2. The topological polar surface area (TPSA) is 69.2 Å². The number of carbonyl (C=O) groups excluding carboxylic acids is 1. The van der Waals surface area contributed by atoms with Crippen molar-refractivity contribution in [2.45, 2.75) is 26.7 Å². The molecule has 1 aromatic carbocycles. The van der Waals surface area contributed by atoms with Gasteiger partial charge in [0.05, 0.1) is 0 Å². The number of halogens is 1. The molecule has 1 aliphatic heterocycles. The first-order chi connectivity index (χ1) is 14.1. The number of aliphatic imine (C=N–C) groups is 1. The van der Waals surface area contributed by atoms with Crippen LogP contribution in [0, 0.1) is 0 Å². The minimum absolute atomic E-state index is 0.0642. The first kappa shape index (κ1) is 23.3. The third kappa shape index (κ3) is 8.50. The maximum absolute atomic E-state index is 12.6. The smallest absolute Gasteiger partial charge is 0.244 e. The van der Waals surface area contributed by atoms with Gasteiger partial charge in [-0.15, -0.1) is 0 Å². The van der Waals surface area contributed by atoms with Crippen molar-refractivity contribution in [3.05, 3.63) is 29.3 Å². The molecular weight excluding hydrogens is 390 g/mol. The van der Waals surface area contributed by atoms with Gasteiger partial charge < -0.3 is 25.2 Å². The van der Waals surface area contributed by atoms with Crippen LogP contribution in [-0.4, -0.2) is 75.8 Å². The van der Waals surface area contributed by atoms with Gasteiger partial charge >= 0.3 is 0 Å². The number of hydrogen-bond donors (Lipinski definition) is 2. The second kappa shape index (κ2) is 13.3. The molecule has 1 aliphatic rings. The van der Waals surface area contributed by atoms with E-state index in [4.69, 9.17) is 16.3 Å². The van der Waals surface area contributed by atoms with E-state index in [-0.39, 0.29) is 12.5 Å². The van der Waals surface area contributed by atoms with Gasteiger partial charge in [0, 0.05) is 63.2 Å². The van der Waals surface area contributed by atoms with Crippen molar-refractivity contribution in [2.24, 2.45) is 4.99 Å². The summed E-state index contributed by atoms with van der Waals surface area (Å²) in [4.78, 5) is 21.2. The Labute approximate surface area is 179 Å². The lowest BCUT2D eigenvalue weighted by Crippen LogP contribution is -2.49. The maximum Gasteiger partial charge on any atom is 0.244 e. The van der Waals surface area contributed by atoms with Crippen LogP contribution in [-0.2, 0) is 9.53 Å². The molecule has 8 heteroatoms. The molecule has 1 amide bonds. The van der Waals surface area contributed by atoms with E-state index in [1.165, 1.54) is 0 Å². The number of ether oxygens (including phenoxy) is 1. The summed E-state index contributed by atoms with van der Waals surface area (Å²) in [5, 5.41) is 7.21. The standard InChI is InChI=1S/C21H34ClN5O2/c1-3-23-21(24-11-5-6-16-29-4-2)25-17-20(28)27-14-12-26(13-15-27)19-9-7-18(22)8-10-19/h7-10H,3-6,11-17H2,1-2H3,(H2,23,24,25). The highest BCUT2D eigenvalue weighted by molar-refractivity contribution is 6.30. The van der Waals surface area contributed by atoms with Gasteiger partial charge in [-0.1, -0.05) is 11.6 Å². The highest BCUT2D eigenvalue weighted by Gasteiger charge is 2.21. The molecule has 0 aliphatic carbocycles. The molecule has 1 saturated heterocycles. The number of benzene rings is 1. The average Bonchev–Trinajstić information content (AvgIpc) is 2.75. The zero-order chi connectivity index (χ0) is 20.9. The Kier molecular flexibility index (Phi) is 10.7. The van der Waals surface area contributed by atoms with E-state index in [2.05, 4.69) is 20.5 Å². The van der Waals surface area contributed by atoms with Gasteiger partial charge in [-0.05, 0) is 51.0 Å². The molecule has 29 heavy (non-hydrogen) atoms. The fourth-order valence-corrected chi connectivity index (χ4v) is 3.26. The third-order valence-corrected chi connectivity index (χ3v) is 5.00. The van der Waals surface area contributed by atoms with Gasteiger partial charge in [0.1, 0.15) is 6.54 Å². The predicted octanol–water partition coefficient (Wildman–Crippen LogP) is 2.36. The Morgan fingerprint density at radius 2 is 1.83 bits per heavy atom. The van der Waals surface area contributed by atoms with Gasteiger partial charge in [-0.25, -0.2) is 4.99 Å². The van der Waals surface area contributed by atoms with E-state index in [9.17, 15) is 4.79 Å². The molecule has 0 spiro atoms. The first-order valence-electron chi connectivity index (χ1n) is 10.5. The first-order valence-corrected chi connectivity index (χ1v) is 10.9. The number of hydrogen-bond acceptors (Lipinski definition) is 4. The summed E-state index contributed by atoms with van der Waals surface area (Å²) < 4.78 is 5.34. The van der Waals surface area contributed by atoms with Gasteiger partial charge in [0.15, 0.2) is 5.96 Å². The lowest BCUT2D eigenvalue weighted by Gasteiger charge is -2.36. The molecule has 0 unspecified atom stereocenters. The van der Waals surface area contributed by atoms with E-state index in [0.717, 1.165) is 62.9 Å². The van der Waals surface area contributed by atoms with Crippen molar-refractivity contribution in [3.63, 3.8) is 0 Å². The largest absolute Gasteiger partial charge is 0.382 e. The second-order valence-electron chi connectivity index (χ2n) is 6.87. The summed E-state index contributed by atoms with van der Waals surface area (Å²) in [6.07, 6.45) is 2.02. The van der Waals surface area contributed by atoms with E-state index in [1.807, 2.05) is 43.0 Å². The van der Waals surface area contributed by atoms with E-state index in [1.54, 1.807) is 0 Å². The van der Waals surface area contributed by atoms with Crippen molar-refractivity contribution in [1.29, 1.82) is 0 Å². The summed E-state index contributed by atoms with van der Waals surface area (Å²) in [5.41, 5.74) is 1.14. The van der Waals surface area contributed by atoms with Crippen LogP contribution in [0.2, 0.25) is 5.02 Å². The molecule has 7 nitrogen and oxygen atoms in total. The normalized spacial score (nSPS) is 14.8. The monoisotopic (exact) mass is 423 g/mol. The SMILES string of the molecule is CCNC(=NCC(=O)N1CCN(c2ccc(Cl)cc2)CC1)NCCCCOCC. The van der Waals surface area contributed by atoms with Crippen LogP contribution in [0.1, 0.15) is 26.7 Å². The molecule has 1 fully saturated rings. The molecule has 0 saturated carbocycles. The van der Waals surface area contributed by atoms with E-state index < -0.39 is 0 Å². The molecule has 162 valence electrons. The highest BCUT2D eigenvalue weighted by Crippen LogP contribution is 2.19. The van der Waals surface area contributed by atoms with Crippen molar-refractivity contribution >= 4 is 29.2 Å². The number of amides is 1. The number of piperazine rings is 1. The minimum atomic E-state index is 0.0642. The molecule has 1 aromatic rings.